The molecule has 1 unspecified atom stereocenters. The molecular weight excluding hydrogens is 254 g/mol. The summed E-state index contributed by atoms with van der Waals surface area (Å²) in [5.74, 6) is -1.82. The van der Waals surface area contributed by atoms with Gasteiger partial charge >= 0.3 is 12.0 Å². The van der Waals surface area contributed by atoms with E-state index in [0.717, 1.165) is 0 Å². The number of nitrogens with one attached hydrogen (secondary N) is 2. The van der Waals surface area contributed by atoms with E-state index in [0.29, 0.717) is 13.0 Å². The fraction of sp³-hybridized carbons (Fsp3) is 0.727. The quantitative estimate of drug-likeness (QED) is 0.447. The Morgan fingerprint density at radius 3 is 2.37 bits per heavy atom. The zero-order valence-electron chi connectivity index (χ0n) is 11.1. The largest absolute Gasteiger partial charge is 0.480 e. The van der Waals surface area contributed by atoms with Crippen molar-refractivity contribution in [1.82, 2.24) is 10.6 Å². The maximum Gasteiger partial charge on any atom is 0.326 e. The van der Waals surface area contributed by atoms with Crippen molar-refractivity contribution in [3.8, 4) is 0 Å². The van der Waals surface area contributed by atoms with Gasteiger partial charge in [0.1, 0.15) is 6.04 Å². The maximum atomic E-state index is 11.5. The summed E-state index contributed by atoms with van der Waals surface area (Å²) in [6, 6.07) is -1.88. The van der Waals surface area contributed by atoms with Crippen LogP contribution in [0.4, 0.5) is 4.79 Å². The average Bonchev–Trinajstić information content (AvgIpc) is 2.31. The number of carboxylic acids is 1. The molecule has 0 aliphatic carbocycles. The van der Waals surface area contributed by atoms with Gasteiger partial charge in [-0.2, -0.15) is 0 Å². The fourth-order valence-electron chi connectivity index (χ4n) is 1.33. The number of aliphatic carboxylic acids is 1. The van der Waals surface area contributed by atoms with Crippen LogP contribution in [0.2, 0.25) is 0 Å². The Balaban J connectivity index is 4.16. The number of methoxy groups -OCH3 is 1. The number of amides is 3. The highest BCUT2D eigenvalue weighted by molar-refractivity contribution is 5.83. The van der Waals surface area contributed by atoms with Gasteiger partial charge in [0.05, 0.1) is 0 Å². The van der Waals surface area contributed by atoms with E-state index in [9.17, 15) is 14.4 Å². The molecule has 0 saturated carbocycles. The number of rotatable bonds is 9. The molecule has 0 heterocycles. The van der Waals surface area contributed by atoms with Crippen molar-refractivity contribution in [3.05, 3.63) is 0 Å². The monoisotopic (exact) mass is 275 g/mol. The molecule has 3 amide bonds. The minimum atomic E-state index is -1.21. The van der Waals surface area contributed by atoms with E-state index in [-0.39, 0.29) is 18.9 Å². The molecule has 19 heavy (non-hydrogen) atoms. The van der Waals surface area contributed by atoms with Gasteiger partial charge < -0.3 is 26.2 Å². The summed E-state index contributed by atoms with van der Waals surface area (Å²) in [7, 11) is 1.55. The lowest BCUT2D eigenvalue weighted by atomic mass is 10.1. The molecule has 0 rings (SSSR count). The molecule has 0 spiro atoms. The third-order valence-electron chi connectivity index (χ3n) is 2.42. The van der Waals surface area contributed by atoms with Crippen LogP contribution in [-0.4, -0.2) is 48.8 Å². The summed E-state index contributed by atoms with van der Waals surface area (Å²) in [6.07, 6.45) is 0.476. The lowest BCUT2D eigenvalue weighted by Gasteiger charge is -2.17. The van der Waals surface area contributed by atoms with Crippen LogP contribution in [0.15, 0.2) is 0 Å². The predicted molar refractivity (Wildman–Crippen MR) is 67.5 cm³/mol. The Hall–Kier alpha value is -1.83. The topological polar surface area (TPSA) is 131 Å². The lowest BCUT2D eigenvalue weighted by Crippen LogP contribution is -2.48. The molecule has 110 valence electrons. The molecule has 2 atom stereocenters. The smallest absolute Gasteiger partial charge is 0.326 e. The van der Waals surface area contributed by atoms with Gasteiger partial charge in [0, 0.05) is 26.2 Å². The van der Waals surface area contributed by atoms with Gasteiger partial charge in [-0.25, -0.2) is 9.59 Å². The van der Waals surface area contributed by atoms with Crippen molar-refractivity contribution in [2.24, 2.45) is 5.73 Å². The Kier molecular flexibility index (Phi) is 8.27. The Bertz CT molecular complexity index is 321. The van der Waals surface area contributed by atoms with Gasteiger partial charge in [0.15, 0.2) is 0 Å². The number of nitrogens with two attached hydrogens (primary N) is 1. The first kappa shape index (κ1) is 17.2. The number of carbonyl (C=O) groups is 3. The second kappa shape index (κ2) is 9.15. The second-order valence-corrected chi connectivity index (χ2v) is 4.20. The highest BCUT2D eigenvalue weighted by Crippen LogP contribution is 1.98. The molecule has 0 aromatic carbocycles. The number of carboxylic acid groups (broad SMARTS) is 1. The van der Waals surface area contributed by atoms with Crippen LogP contribution in [0.5, 0.6) is 0 Å². The zero-order valence-corrected chi connectivity index (χ0v) is 11.1. The minimum Gasteiger partial charge on any atom is -0.480 e. The summed E-state index contributed by atoms with van der Waals surface area (Å²) < 4.78 is 4.86. The van der Waals surface area contributed by atoms with Crippen LogP contribution in [-0.2, 0) is 14.3 Å². The van der Waals surface area contributed by atoms with Crippen molar-refractivity contribution in [2.45, 2.75) is 38.3 Å². The molecular formula is C11H21N3O5. The molecule has 0 saturated heterocycles. The van der Waals surface area contributed by atoms with Gasteiger partial charge in [-0.05, 0) is 19.8 Å². The van der Waals surface area contributed by atoms with Crippen molar-refractivity contribution >= 4 is 17.9 Å². The molecule has 0 radical (unpaired) electrons. The number of primary amides is 1. The highest BCUT2D eigenvalue weighted by atomic mass is 16.5. The first-order valence-corrected chi connectivity index (χ1v) is 5.94. The Morgan fingerprint density at radius 2 is 1.89 bits per heavy atom. The number of hydrogen-bond acceptors (Lipinski definition) is 4. The van der Waals surface area contributed by atoms with Gasteiger partial charge in [0.2, 0.25) is 5.91 Å². The Morgan fingerprint density at radius 1 is 1.26 bits per heavy atom. The molecule has 0 aromatic heterocycles. The zero-order chi connectivity index (χ0) is 14.8. The summed E-state index contributed by atoms with van der Waals surface area (Å²) >= 11 is 0. The molecule has 0 fully saturated rings. The van der Waals surface area contributed by atoms with E-state index in [1.807, 2.05) is 0 Å². The summed E-state index contributed by atoms with van der Waals surface area (Å²) in [4.78, 5) is 33.0. The van der Waals surface area contributed by atoms with E-state index in [1.54, 1.807) is 14.0 Å². The van der Waals surface area contributed by atoms with E-state index >= 15 is 0 Å². The van der Waals surface area contributed by atoms with Crippen molar-refractivity contribution in [1.29, 1.82) is 0 Å². The van der Waals surface area contributed by atoms with Gasteiger partial charge in [-0.3, -0.25) is 4.79 Å². The molecule has 0 aliphatic heterocycles. The molecule has 8 heteroatoms. The number of hydrogen-bond donors (Lipinski definition) is 4. The van der Waals surface area contributed by atoms with Gasteiger partial charge in [-0.15, -0.1) is 0 Å². The second-order valence-electron chi connectivity index (χ2n) is 4.20. The number of carbonyl (C=O) groups excluding carboxylic acids is 2. The summed E-state index contributed by atoms with van der Waals surface area (Å²) in [5, 5.41) is 13.8. The van der Waals surface area contributed by atoms with E-state index < -0.39 is 23.9 Å². The number of urea groups is 1. The molecule has 8 nitrogen and oxygen atoms in total. The minimum absolute atomic E-state index is 0.0372. The third-order valence-corrected chi connectivity index (χ3v) is 2.42. The third kappa shape index (κ3) is 8.83. The van der Waals surface area contributed by atoms with Crippen LogP contribution >= 0.6 is 0 Å². The number of ether oxygens (including phenoxy) is 1. The molecule has 0 aromatic rings. The fourth-order valence-corrected chi connectivity index (χ4v) is 1.33. The summed E-state index contributed by atoms with van der Waals surface area (Å²) in [5.41, 5.74) is 4.93. The highest BCUT2D eigenvalue weighted by Gasteiger charge is 2.20. The van der Waals surface area contributed by atoms with Crippen molar-refractivity contribution in [2.75, 3.05) is 13.7 Å². The maximum absolute atomic E-state index is 11.5. The van der Waals surface area contributed by atoms with E-state index in [4.69, 9.17) is 15.6 Å². The van der Waals surface area contributed by atoms with Crippen LogP contribution in [0, 0.1) is 0 Å². The molecule has 0 aliphatic rings. The lowest BCUT2D eigenvalue weighted by molar-refractivity contribution is -0.139. The average molecular weight is 275 g/mol. The molecule has 5 N–H and O–H groups in total. The van der Waals surface area contributed by atoms with Crippen molar-refractivity contribution in [3.63, 3.8) is 0 Å². The predicted octanol–water partition coefficient (Wildman–Crippen LogP) is -0.571. The van der Waals surface area contributed by atoms with E-state index in [2.05, 4.69) is 10.6 Å². The van der Waals surface area contributed by atoms with Gasteiger partial charge in [0.25, 0.3) is 0 Å². The summed E-state index contributed by atoms with van der Waals surface area (Å²) in [6.45, 7) is 2.27. The van der Waals surface area contributed by atoms with Crippen LogP contribution in [0.3, 0.4) is 0 Å². The standard InChI is InChI=1S/C11H21N3O5/c1-7(5-6-19-2)13-11(18)14-8(10(16)17)3-4-9(12)15/h7-8H,3-6H2,1-2H3,(H2,12,15)(H,16,17)(H2,13,14,18)/t7?,8-/m0/s1. The SMILES string of the molecule is COCCC(C)NC(=O)N[C@@H](CCC(N)=O)C(=O)O. The van der Waals surface area contributed by atoms with E-state index in [1.165, 1.54) is 0 Å². The first-order chi connectivity index (χ1) is 8.86. The van der Waals surface area contributed by atoms with Crippen LogP contribution in [0.1, 0.15) is 26.2 Å². The Labute approximate surface area is 111 Å². The first-order valence-electron chi connectivity index (χ1n) is 5.94. The normalized spacial score (nSPS) is 13.4. The van der Waals surface area contributed by atoms with Crippen molar-refractivity contribution < 1.29 is 24.2 Å². The van der Waals surface area contributed by atoms with Crippen LogP contribution in [0.25, 0.3) is 0 Å². The molecule has 0 bridgehead atoms. The van der Waals surface area contributed by atoms with Crippen LogP contribution < -0.4 is 16.4 Å². The van der Waals surface area contributed by atoms with Gasteiger partial charge in [-0.1, -0.05) is 0 Å².